The molecule has 1 unspecified atom stereocenters. The average molecular weight is 239 g/mol. The second kappa shape index (κ2) is 7.13. The van der Waals surface area contributed by atoms with Crippen molar-refractivity contribution in [3.8, 4) is 17.6 Å². The van der Waals surface area contributed by atoms with Gasteiger partial charge in [-0.05, 0) is 25.1 Å². The topological polar surface area (TPSA) is 47.3 Å². The SMILES string of the molecule is CC#CCC(COc1cccc(Cl)c1)NN. The molecule has 3 N–H and O–H groups in total. The molecule has 0 heterocycles. The number of rotatable bonds is 5. The zero-order valence-corrected chi connectivity index (χ0v) is 9.92. The van der Waals surface area contributed by atoms with Gasteiger partial charge >= 0.3 is 0 Å². The summed E-state index contributed by atoms with van der Waals surface area (Å²) in [6.45, 7) is 2.26. The molecule has 1 rings (SSSR count). The minimum atomic E-state index is 0.0198. The normalized spacial score (nSPS) is 11.4. The van der Waals surface area contributed by atoms with Gasteiger partial charge in [0, 0.05) is 11.4 Å². The minimum absolute atomic E-state index is 0.0198. The number of hydrogen-bond acceptors (Lipinski definition) is 3. The summed E-state index contributed by atoms with van der Waals surface area (Å²) in [6.07, 6.45) is 0.660. The van der Waals surface area contributed by atoms with Crippen molar-refractivity contribution in [1.82, 2.24) is 5.43 Å². The van der Waals surface area contributed by atoms with Gasteiger partial charge in [-0.25, -0.2) is 0 Å². The maximum atomic E-state index is 5.83. The third-order valence-corrected chi connectivity index (χ3v) is 2.24. The van der Waals surface area contributed by atoms with Crippen molar-refractivity contribution in [2.24, 2.45) is 5.84 Å². The predicted molar refractivity (Wildman–Crippen MR) is 66.1 cm³/mol. The highest BCUT2D eigenvalue weighted by Crippen LogP contribution is 2.17. The number of benzene rings is 1. The first-order valence-electron chi connectivity index (χ1n) is 5.00. The van der Waals surface area contributed by atoms with Crippen LogP contribution in [-0.4, -0.2) is 12.6 Å². The number of nitrogens with two attached hydrogens (primary N) is 1. The average Bonchev–Trinajstić information content (AvgIpc) is 2.29. The molecule has 0 aliphatic rings. The van der Waals surface area contributed by atoms with Crippen LogP contribution in [0.4, 0.5) is 0 Å². The van der Waals surface area contributed by atoms with Crippen molar-refractivity contribution in [3.63, 3.8) is 0 Å². The molecular weight excluding hydrogens is 224 g/mol. The zero-order valence-electron chi connectivity index (χ0n) is 9.16. The fraction of sp³-hybridized carbons (Fsp3) is 0.333. The fourth-order valence-corrected chi connectivity index (χ4v) is 1.33. The van der Waals surface area contributed by atoms with E-state index in [-0.39, 0.29) is 6.04 Å². The van der Waals surface area contributed by atoms with Gasteiger partial charge in [-0.15, -0.1) is 11.8 Å². The molecule has 3 nitrogen and oxygen atoms in total. The van der Waals surface area contributed by atoms with Crippen molar-refractivity contribution >= 4 is 11.6 Å². The lowest BCUT2D eigenvalue weighted by molar-refractivity contribution is 0.267. The molecule has 0 spiro atoms. The maximum Gasteiger partial charge on any atom is 0.120 e. The molecule has 4 heteroatoms. The third kappa shape index (κ3) is 4.54. The summed E-state index contributed by atoms with van der Waals surface area (Å²) in [5.41, 5.74) is 2.66. The standard InChI is InChI=1S/C12H15ClN2O/c1-2-3-6-11(15-14)9-16-12-7-4-5-10(13)8-12/h4-5,7-8,11,15H,6,9,14H2,1H3. The quantitative estimate of drug-likeness (QED) is 0.468. The Labute approximate surface area is 101 Å². The number of hydrogen-bond donors (Lipinski definition) is 2. The van der Waals surface area contributed by atoms with E-state index in [0.717, 1.165) is 5.75 Å². The molecule has 0 amide bonds. The number of halogens is 1. The molecule has 0 radical (unpaired) electrons. The maximum absolute atomic E-state index is 5.83. The van der Waals surface area contributed by atoms with Crippen LogP contribution in [0.15, 0.2) is 24.3 Å². The molecule has 86 valence electrons. The van der Waals surface area contributed by atoms with Crippen LogP contribution in [0.1, 0.15) is 13.3 Å². The van der Waals surface area contributed by atoms with Crippen molar-refractivity contribution in [1.29, 1.82) is 0 Å². The van der Waals surface area contributed by atoms with Gasteiger partial charge in [0.1, 0.15) is 12.4 Å². The van der Waals surface area contributed by atoms with E-state index in [4.69, 9.17) is 22.2 Å². The molecule has 1 atom stereocenters. The second-order valence-electron chi connectivity index (χ2n) is 3.26. The van der Waals surface area contributed by atoms with Crippen LogP contribution in [0.25, 0.3) is 0 Å². The Hall–Kier alpha value is -1.21. The second-order valence-corrected chi connectivity index (χ2v) is 3.70. The van der Waals surface area contributed by atoms with E-state index in [9.17, 15) is 0 Å². The lowest BCUT2D eigenvalue weighted by atomic mass is 10.2. The Morgan fingerprint density at radius 1 is 1.56 bits per heavy atom. The first-order valence-corrected chi connectivity index (χ1v) is 5.38. The Morgan fingerprint density at radius 3 is 3.00 bits per heavy atom. The summed E-state index contributed by atoms with van der Waals surface area (Å²) >= 11 is 5.83. The van der Waals surface area contributed by atoms with E-state index in [1.165, 1.54) is 0 Å². The summed E-state index contributed by atoms with van der Waals surface area (Å²) in [6, 6.07) is 7.28. The highest BCUT2D eigenvalue weighted by molar-refractivity contribution is 6.30. The Balaban J connectivity index is 2.45. The van der Waals surface area contributed by atoms with Crippen LogP contribution in [-0.2, 0) is 0 Å². The highest BCUT2D eigenvalue weighted by atomic mass is 35.5. The predicted octanol–water partition coefficient (Wildman–Crippen LogP) is 1.96. The molecule has 0 bridgehead atoms. The number of ether oxygens (including phenoxy) is 1. The Morgan fingerprint density at radius 2 is 2.38 bits per heavy atom. The van der Waals surface area contributed by atoms with Gasteiger partial charge in [-0.1, -0.05) is 17.7 Å². The number of hydrazine groups is 1. The smallest absolute Gasteiger partial charge is 0.120 e. The van der Waals surface area contributed by atoms with Crippen LogP contribution in [0.5, 0.6) is 5.75 Å². The molecule has 0 aliphatic carbocycles. The summed E-state index contributed by atoms with van der Waals surface area (Å²) in [5.74, 6) is 11.9. The van der Waals surface area contributed by atoms with Crippen LogP contribution in [0.3, 0.4) is 0 Å². The lowest BCUT2D eigenvalue weighted by Crippen LogP contribution is -2.39. The Kier molecular flexibility index (Phi) is 5.73. The third-order valence-electron chi connectivity index (χ3n) is 2.01. The molecule has 0 aliphatic heterocycles. The van der Waals surface area contributed by atoms with Gasteiger partial charge in [0.05, 0.1) is 6.04 Å². The summed E-state index contributed by atoms with van der Waals surface area (Å²) in [4.78, 5) is 0. The molecule has 0 saturated carbocycles. The zero-order chi connectivity index (χ0) is 11.8. The monoisotopic (exact) mass is 238 g/mol. The lowest BCUT2D eigenvalue weighted by Gasteiger charge is -2.14. The summed E-state index contributed by atoms with van der Waals surface area (Å²) < 4.78 is 5.54. The van der Waals surface area contributed by atoms with Gasteiger partial charge in [-0.3, -0.25) is 11.3 Å². The van der Waals surface area contributed by atoms with Gasteiger partial charge in [-0.2, -0.15) is 0 Å². The van der Waals surface area contributed by atoms with E-state index >= 15 is 0 Å². The van der Waals surface area contributed by atoms with E-state index in [1.54, 1.807) is 19.1 Å². The molecule has 0 saturated heterocycles. The first-order chi connectivity index (χ1) is 7.76. The molecule has 16 heavy (non-hydrogen) atoms. The van der Waals surface area contributed by atoms with Crippen molar-refractivity contribution < 1.29 is 4.74 Å². The van der Waals surface area contributed by atoms with Gasteiger partial charge in [0.2, 0.25) is 0 Å². The van der Waals surface area contributed by atoms with Crippen LogP contribution < -0.4 is 16.0 Å². The van der Waals surface area contributed by atoms with Gasteiger partial charge < -0.3 is 4.74 Å². The summed E-state index contributed by atoms with van der Waals surface area (Å²) in [5, 5.41) is 0.656. The summed E-state index contributed by atoms with van der Waals surface area (Å²) in [7, 11) is 0. The largest absolute Gasteiger partial charge is 0.492 e. The fourth-order valence-electron chi connectivity index (χ4n) is 1.14. The molecule has 1 aromatic carbocycles. The van der Waals surface area contributed by atoms with E-state index in [1.807, 2.05) is 12.1 Å². The van der Waals surface area contributed by atoms with Crippen LogP contribution in [0.2, 0.25) is 5.02 Å². The molecular formula is C12H15ClN2O. The van der Waals surface area contributed by atoms with Crippen molar-refractivity contribution in [2.45, 2.75) is 19.4 Å². The van der Waals surface area contributed by atoms with Crippen molar-refractivity contribution in [3.05, 3.63) is 29.3 Å². The molecule has 0 fully saturated rings. The van der Waals surface area contributed by atoms with Crippen LogP contribution >= 0.6 is 11.6 Å². The van der Waals surface area contributed by atoms with E-state index < -0.39 is 0 Å². The van der Waals surface area contributed by atoms with Gasteiger partial charge in [0.25, 0.3) is 0 Å². The van der Waals surface area contributed by atoms with Crippen molar-refractivity contribution in [2.75, 3.05) is 6.61 Å². The number of nitrogens with one attached hydrogen (secondary N) is 1. The van der Waals surface area contributed by atoms with Gasteiger partial charge in [0.15, 0.2) is 0 Å². The van der Waals surface area contributed by atoms with E-state index in [2.05, 4.69) is 17.3 Å². The van der Waals surface area contributed by atoms with Crippen LogP contribution in [0, 0.1) is 11.8 Å². The molecule has 1 aromatic rings. The highest BCUT2D eigenvalue weighted by Gasteiger charge is 2.05. The van der Waals surface area contributed by atoms with E-state index in [0.29, 0.717) is 18.1 Å². The minimum Gasteiger partial charge on any atom is -0.492 e. The Bertz CT molecular complexity index is 384. The first kappa shape index (κ1) is 12.9. The molecule has 0 aromatic heterocycles.